The number of thioether (sulfide) groups is 1. The molecule has 2 N–H and O–H groups in total. The van der Waals surface area contributed by atoms with Crippen LogP contribution in [0.4, 0.5) is 0 Å². The molecule has 0 unspecified atom stereocenters. The second-order valence-electron chi connectivity index (χ2n) is 5.01. The van der Waals surface area contributed by atoms with E-state index in [1.807, 2.05) is 36.0 Å². The monoisotopic (exact) mass is 279 g/mol. The molecule has 1 aromatic rings. The highest BCUT2D eigenvalue weighted by atomic mass is 32.2. The molecule has 0 atom stereocenters. The molecule has 2 rings (SSSR count). The average molecular weight is 279 g/mol. The molecule has 1 aromatic carbocycles. The normalized spacial score (nSPS) is 16.3. The number of amides is 1. The van der Waals surface area contributed by atoms with Crippen LogP contribution in [0, 0.1) is 5.92 Å². The van der Waals surface area contributed by atoms with Crippen molar-refractivity contribution in [2.24, 2.45) is 5.92 Å². The summed E-state index contributed by atoms with van der Waals surface area (Å²) in [5.41, 5.74) is 1.97. The van der Waals surface area contributed by atoms with Gasteiger partial charge in [0.1, 0.15) is 0 Å². The zero-order valence-electron chi connectivity index (χ0n) is 11.1. The first-order valence-corrected chi connectivity index (χ1v) is 7.96. The maximum Gasteiger partial charge on any atom is 0.220 e. The maximum atomic E-state index is 11.8. The fourth-order valence-corrected chi connectivity index (χ4v) is 3.45. The van der Waals surface area contributed by atoms with E-state index >= 15 is 0 Å². The van der Waals surface area contributed by atoms with Gasteiger partial charge in [0.2, 0.25) is 5.91 Å². The lowest BCUT2D eigenvalue weighted by Crippen LogP contribution is -2.26. The Morgan fingerprint density at radius 1 is 1.21 bits per heavy atom. The van der Waals surface area contributed by atoms with E-state index in [1.54, 1.807) is 0 Å². The van der Waals surface area contributed by atoms with Crippen LogP contribution in [0.5, 0.6) is 0 Å². The number of rotatable bonds is 5. The zero-order valence-corrected chi connectivity index (χ0v) is 11.9. The second-order valence-corrected chi connectivity index (χ2v) is 6.24. The summed E-state index contributed by atoms with van der Waals surface area (Å²) in [4.78, 5) is 11.8. The molecule has 0 bridgehead atoms. The van der Waals surface area contributed by atoms with E-state index in [0.717, 1.165) is 11.1 Å². The van der Waals surface area contributed by atoms with E-state index in [0.29, 0.717) is 18.9 Å². The zero-order chi connectivity index (χ0) is 13.5. The third-order valence-electron chi connectivity index (χ3n) is 3.51. The Morgan fingerprint density at radius 2 is 1.84 bits per heavy atom. The minimum Gasteiger partial charge on any atom is -0.392 e. The van der Waals surface area contributed by atoms with E-state index in [9.17, 15) is 4.79 Å². The SMILES string of the molecule is O=C(CC1CCSCC1)NCc1ccc(CO)cc1. The highest BCUT2D eigenvalue weighted by Crippen LogP contribution is 2.25. The van der Waals surface area contributed by atoms with Crippen LogP contribution in [-0.4, -0.2) is 22.5 Å². The Morgan fingerprint density at radius 3 is 2.47 bits per heavy atom. The largest absolute Gasteiger partial charge is 0.392 e. The molecular weight excluding hydrogens is 258 g/mol. The minimum absolute atomic E-state index is 0.0618. The van der Waals surface area contributed by atoms with E-state index in [4.69, 9.17) is 5.11 Å². The quantitative estimate of drug-likeness (QED) is 0.869. The van der Waals surface area contributed by atoms with Crippen molar-refractivity contribution in [1.82, 2.24) is 5.32 Å². The highest BCUT2D eigenvalue weighted by Gasteiger charge is 2.16. The molecule has 0 aromatic heterocycles. The van der Waals surface area contributed by atoms with Gasteiger partial charge in [0.15, 0.2) is 0 Å². The molecular formula is C15H21NO2S. The van der Waals surface area contributed by atoms with Crippen LogP contribution >= 0.6 is 11.8 Å². The molecule has 19 heavy (non-hydrogen) atoms. The van der Waals surface area contributed by atoms with Gasteiger partial charge in [-0.15, -0.1) is 0 Å². The van der Waals surface area contributed by atoms with Crippen LogP contribution in [0.1, 0.15) is 30.4 Å². The number of hydrogen-bond acceptors (Lipinski definition) is 3. The summed E-state index contributed by atoms with van der Waals surface area (Å²) in [6.07, 6.45) is 3.00. The number of aliphatic hydroxyl groups is 1. The molecule has 0 radical (unpaired) electrons. The molecule has 4 heteroatoms. The summed E-state index contributed by atoms with van der Waals surface area (Å²) in [7, 11) is 0. The maximum absolute atomic E-state index is 11.8. The first-order chi connectivity index (χ1) is 9.28. The number of carbonyl (C=O) groups is 1. The highest BCUT2D eigenvalue weighted by molar-refractivity contribution is 7.99. The van der Waals surface area contributed by atoms with Gasteiger partial charge in [-0.3, -0.25) is 4.79 Å². The summed E-state index contributed by atoms with van der Waals surface area (Å²) in [6.45, 7) is 0.637. The Kier molecular flexibility index (Phi) is 5.73. The van der Waals surface area contributed by atoms with Crippen molar-refractivity contribution in [2.75, 3.05) is 11.5 Å². The predicted molar refractivity (Wildman–Crippen MR) is 78.9 cm³/mol. The standard InChI is InChI=1S/C15H21NO2S/c17-11-14-3-1-13(2-4-14)10-16-15(18)9-12-5-7-19-8-6-12/h1-4,12,17H,5-11H2,(H,16,18). The van der Waals surface area contributed by atoms with Gasteiger partial charge in [0.05, 0.1) is 6.61 Å². The lowest BCUT2D eigenvalue weighted by Gasteiger charge is -2.20. The fourth-order valence-electron chi connectivity index (χ4n) is 2.25. The van der Waals surface area contributed by atoms with Crippen LogP contribution in [0.2, 0.25) is 0 Å². The molecule has 1 amide bonds. The van der Waals surface area contributed by atoms with Crippen molar-refractivity contribution >= 4 is 17.7 Å². The number of nitrogens with one attached hydrogen (secondary N) is 1. The Hall–Kier alpha value is -1.00. The van der Waals surface area contributed by atoms with Gasteiger partial charge in [0.25, 0.3) is 0 Å². The number of aliphatic hydroxyl groups excluding tert-OH is 1. The second kappa shape index (κ2) is 7.56. The smallest absolute Gasteiger partial charge is 0.220 e. The molecule has 1 heterocycles. The summed E-state index contributed by atoms with van der Waals surface area (Å²) >= 11 is 1.99. The van der Waals surface area contributed by atoms with Gasteiger partial charge in [-0.05, 0) is 41.4 Å². The molecule has 1 aliphatic rings. The van der Waals surface area contributed by atoms with Crippen LogP contribution in [-0.2, 0) is 17.9 Å². The molecule has 0 saturated carbocycles. The van der Waals surface area contributed by atoms with E-state index in [-0.39, 0.29) is 12.5 Å². The molecule has 1 saturated heterocycles. The lowest BCUT2D eigenvalue weighted by atomic mass is 9.98. The Labute approximate surface area is 118 Å². The molecule has 1 aliphatic heterocycles. The molecule has 104 valence electrons. The lowest BCUT2D eigenvalue weighted by molar-refractivity contribution is -0.122. The average Bonchev–Trinajstić information content (AvgIpc) is 2.47. The van der Waals surface area contributed by atoms with E-state index in [1.165, 1.54) is 24.3 Å². The number of benzene rings is 1. The van der Waals surface area contributed by atoms with Gasteiger partial charge >= 0.3 is 0 Å². The van der Waals surface area contributed by atoms with Crippen LogP contribution in [0.15, 0.2) is 24.3 Å². The van der Waals surface area contributed by atoms with Crippen molar-refractivity contribution in [2.45, 2.75) is 32.4 Å². The third-order valence-corrected chi connectivity index (χ3v) is 4.56. The molecule has 0 spiro atoms. The number of carbonyl (C=O) groups excluding carboxylic acids is 1. The van der Waals surface area contributed by atoms with E-state index in [2.05, 4.69) is 5.32 Å². The van der Waals surface area contributed by atoms with Crippen molar-refractivity contribution in [3.05, 3.63) is 35.4 Å². The van der Waals surface area contributed by atoms with Gasteiger partial charge < -0.3 is 10.4 Å². The van der Waals surface area contributed by atoms with E-state index < -0.39 is 0 Å². The summed E-state index contributed by atoms with van der Waals surface area (Å²) in [5, 5.41) is 11.9. The third kappa shape index (κ3) is 4.88. The minimum atomic E-state index is 0.0618. The predicted octanol–water partition coefficient (Wildman–Crippen LogP) is 2.33. The van der Waals surface area contributed by atoms with Gasteiger partial charge in [-0.25, -0.2) is 0 Å². The van der Waals surface area contributed by atoms with Crippen LogP contribution in [0.3, 0.4) is 0 Å². The molecule has 1 fully saturated rings. The van der Waals surface area contributed by atoms with Gasteiger partial charge in [0, 0.05) is 13.0 Å². The van der Waals surface area contributed by atoms with Gasteiger partial charge in [-0.2, -0.15) is 11.8 Å². The van der Waals surface area contributed by atoms with Crippen LogP contribution < -0.4 is 5.32 Å². The van der Waals surface area contributed by atoms with Crippen molar-refractivity contribution < 1.29 is 9.90 Å². The summed E-state index contributed by atoms with van der Waals surface area (Å²) in [6, 6.07) is 7.67. The molecule has 0 aliphatic carbocycles. The first-order valence-electron chi connectivity index (χ1n) is 6.81. The molecule has 3 nitrogen and oxygen atoms in total. The van der Waals surface area contributed by atoms with Crippen molar-refractivity contribution in [3.63, 3.8) is 0 Å². The van der Waals surface area contributed by atoms with Crippen LogP contribution in [0.25, 0.3) is 0 Å². The first kappa shape index (κ1) is 14.4. The number of hydrogen-bond donors (Lipinski definition) is 2. The summed E-state index contributed by atoms with van der Waals surface area (Å²) in [5.74, 6) is 3.11. The fraction of sp³-hybridized carbons (Fsp3) is 0.533. The van der Waals surface area contributed by atoms with Gasteiger partial charge in [-0.1, -0.05) is 24.3 Å². The summed E-state index contributed by atoms with van der Waals surface area (Å²) < 4.78 is 0. The van der Waals surface area contributed by atoms with Crippen molar-refractivity contribution in [1.29, 1.82) is 0 Å². The Bertz CT molecular complexity index is 399. The Balaban J connectivity index is 1.72. The van der Waals surface area contributed by atoms with Crippen molar-refractivity contribution in [3.8, 4) is 0 Å². The topological polar surface area (TPSA) is 49.3 Å².